The molecule has 0 atom stereocenters. The summed E-state index contributed by atoms with van der Waals surface area (Å²) in [6.07, 6.45) is -1.60. The lowest BCUT2D eigenvalue weighted by atomic mass is 10.0. The summed E-state index contributed by atoms with van der Waals surface area (Å²) in [5, 5.41) is 0. The van der Waals surface area contributed by atoms with Gasteiger partial charge in [0.05, 0.1) is 0 Å². The van der Waals surface area contributed by atoms with Gasteiger partial charge in [-0.1, -0.05) is 32.1 Å². The van der Waals surface area contributed by atoms with E-state index in [0.717, 1.165) is 17.6 Å². The highest BCUT2D eigenvalue weighted by Crippen LogP contribution is 2.25. The molecule has 1 rings (SSSR count). The van der Waals surface area contributed by atoms with E-state index in [2.05, 4.69) is 24.7 Å². The number of benzene rings is 1. The molecule has 0 aromatic heterocycles. The minimum absolute atomic E-state index is 0.192. The minimum Gasteiger partial charge on any atom is -0.406 e. The van der Waals surface area contributed by atoms with Crippen molar-refractivity contribution in [2.45, 2.75) is 33.6 Å². The van der Waals surface area contributed by atoms with Gasteiger partial charge in [0.15, 0.2) is 0 Å². The number of halogens is 3. The highest BCUT2D eigenvalue weighted by molar-refractivity contribution is 5.64. The van der Waals surface area contributed by atoms with Crippen molar-refractivity contribution in [3.05, 3.63) is 35.9 Å². The van der Waals surface area contributed by atoms with Gasteiger partial charge in [0.25, 0.3) is 0 Å². The second kappa shape index (κ2) is 5.94. The van der Waals surface area contributed by atoms with Gasteiger partial charge in [-0.15, -0.1) is 13.2 Å². The highest BCUT2D eigenvalue weighted by atomic mass is 19.4. The first kappa shape index (κ1) is 14.6. The number of alkyl halides is 3. The summed E-state index contributed by atoms with van der Waals surface area (Å²) in [6.45, 7) is 6.18. The van der Waals surface area contributed by atoms with Crippen molar-refractivity contribution in [1.82, 2.24) is 0 Å². The quantitative estimate of drug-likeness (QED) is 0.735. The molecule has 0 heterocycles. The first-order valence-corrected chi connectivity index (χ1v) is 5.81. The van der Waals surface area contributed by atoms with Crippen LogP contribution >= 0.6 is 0 Å². The van der Waals surface area contributed by atoms with Gasteiger partial charge in [-0.05, 0) is 42.5 Å². The van der Waals surface area contributed by atoms with Crippen LogP contribution in [0.2, 0.25) is 0 Å². The van der Waals surface area contributed by atoms with E-state index in [-0.39, 0.29) is 5.75 Å². The van der Waals surface area contributed by atoms with Crippen molar-refractivity contribution >= 4 is 5.57 Å². The molecule has 0 unspecified atom stereocenters. The molecule has 0 bridgehead atoms. The van der Waals surface area contributed by atoms with E-state index in [9.17, 15) is 13.2 Å². The Morgan fingerprint density at radius 2 is 1.78 bits per heavy atom. The number of hydrogen-bond donors (Lipinski definition) is 0. The Bertz CT molecular complexity index is 402. The van der Waals surface area contributed by atoms with Crippen LogP contribution in [0.1, 0.15) is 32.8 Å². The number of ether oxygens (including phenoxy) is 1. The SMILES string of the molecule is C/C(=C\CC(C)C)c1ccc(OC(F)(F)F)cc1. The summed E-state index contributed by atoms with van der Waals surface area (Å²) in [7, 11) is 0. The molecule has 0 amide bonds. The Balaban J connectivity index is 2.73. The topological polar surface area (TPSA) is 9.23 Å². The van der Waals surface area contributed by atoms with Gasteiger partial charge in [0, 0.05) is 0 Å². The van der Waals surface area contributed by atoms with Crippen LogP contribution in [0, 0.1) is 5.92 Å². The van der Waals surface area contributed by atoms with Crippen LogP contribution in [-0.2, 0) is 0 Å². The maximum absolute atomic E-state index is 12.0. The molecule has 0 fully saturated rings. The normalized spacial score (nSPS) is 12.9. The first-order chi connectivity index (χ1) is 8.28. The predicted octanol–water partition coefficient (Wildman–Crippen LogP) is 5.03. The van der Waals surface area contributed by atoms with Crippen LogP contribution in [0.3, 0.4) is 0 Å². The van der Waals surface area contributed by atoms with E-state index in [1.807, 2.05) is 6.92 Å². The minimum atomic E-state index is -4.63. The van der Waals surface area contributed by atoms with Crippen molar-refractivity contribution in [3.8, 4) is 5.75 Å². The molecule has 1 aromatic carbocycles. The Labute approximate surface area is 105 Å². The average Bonchev–Trinajstić information content (AvgIpc) is 2.24. The maximum Gasteiger partial charge on any atom is 0.573 e. The van der Waals surface area contributed by atoms with Crippen molar-refractivity contribution in [1.29, 1.82) is 0 Å². The molecule has 0 radical (unpaired) electrons. The first-order valence-electron chi connectivity index (χ1n) is 5.81. The summed E-state index contributed by atoms with van der Waals surface area (Å²) >= 11 is 0. The Morgan fingerprint density at radius 1 is 1.22 bits per heavy atom. The fourth-order valence-corrected chi connectivity index (χ4v) is 1.45. The van der Waals surface area contributed by atoms with Gasteiger partial charge in [-0.2, -0.15) is 0 Å². The summed E-state index contributed by atoms with van der Waals surface area (Å²) in [5.41, 5.74) is 1.97. The Morgan fingerprint density at radius 3 is 2.22 bits per heavy atom. The van der Waals surface area contributed by atoms with E-state index < -0.39 is 6.36 Å². The fourth-order valence-electron chi connectivity index (χ4n) is 1.45. The second-order valence-corrected chi connectivity index (χ2v) is 4.59. The number of rotatable bonds is 4. The lowest BCUT2D eigenvalue weighted by Gasteiger charge is -2.09. The van der Waals surface area contributed by atoms with Crippen LogP contribution in [0.4, 0.5) is 13.2 Å². The summed E-state index contributed by atoms with van der Waals surface area (Å²) in [5.74, 6) is 0.371. The molecule has 0 saturated heterocycles. The molecule has 100 valence electrons. The Kier molecular flexibility index (Phi) is 4.82. The van der Waals surface area contributed by atoms with Gasteiger partial charge in [0.1, 0.15) is 5.75 Å². The van der Waals surface area contributed by atoms with E-state index in [4.69, 9.17) is 0 Å². The fraction of sp³-hybridized carbons (Fsp3) is 0.429. The van der Waals surface area contributed by atoms with Crippen LogP contribution < -0.4 is 4.74 Å². The van der Waals surface area contributed by atoms with Crippen molar-refractivity contribution in [2.75, 3.05) is 0 Å². The summed E-state index contributed by atoms with van der Waals surface area (Å²) in [4.78, 5) is 0. The van der Waals surface area contributed by atoms with Gasteiger partial charge in [-0.3, -0.25) is 0 Å². The van der Waals surface area contributed by atoms with Gasteiger partial charge in [0.2, 0.25) is 0 Å². The molecule has 0 spiro atoms. The van der Waals surface area contributed by atoms with Crippen molar-refractivity contribution < 1.29 is 17.9 Å². The van der Waals surface area contributed by atoms with E-state index in [1.165, 1.54) is 12.1 Å². The third-order valence-electron chi connectivity index (χ3n) is 2.44. The number of hydrogen-bond acceptors (Lipinski definition) is 1. The average molecular weight is 258 g/mol. The summed E-state index contributed by atoms with van der Waals surface area (Å²) in [6, 6.07) is 5.92. The zero-order valence-corrected chi connectivity index (χ0v) is 10.7. The highest BCUT2D eigenvalue weighted by Gasteiger charge is 2.30. The number of allylic oxidation sites excluding steroid dienone is 2. The lowest BCUT2D eigenvalue weighted by Crippen LogP contribution is -2.16. The van der Waals surface area contributed by atoms with Crippen molar-refractivity contribution in [2.24, 2.45) is 5.92 Å². The second-order valence-electron chi connectivity index (χ2n) is 4.59. The van der Waals surface area contributed by atoms with Gasteiger partial charge < -0.3 is 4.74 Å². The van der Waals surface area contributed by atoms with E-state index >= 15 is 0 Å². The molecule has 0 aliphatic carbocycles. The van der Waals surface area contributed by atoms with Crippen LogP contribution in [0.5, 0.6) is 5.75 Å². The van der Waals surface area contributed by atoms with Gasteiger partial charge >= 0.3 is 6.36 Å². The van der Waals surface area contributed by atoms with Crippen molar-refractivity contribution in [3.63, 3.8) is 0 Å². The summed E-state index contributed by atoms with van der Waals surface area (Å²) < 4.78 is 39.7. The third-order valence-corrected chi connectivity index (χ3v) is 2.44. The zero-order chi connectivity index (χ0) is 13.8. The van der Waals surface area contributed by atoms with E-state index in [0.29, 0.717) is 5.92 Å². The standard InChI is InChI=1S/C14H17F3O/c1-10(2)4-5-11(3)12-6-8-13(9-7-12)18-14(15,16)17/h5-10H,4H2,1-3H3/b11-5+. The van der Waals surface area contributed by atoms with Crippen LogP contribution in [0.15, 0.2) is 30.3 Å². The molecular formula is C14H17F3O. The molecule has 4 heteroatoms. The lowest BCUT2D eigenvalue weighted by molar-refractivity contribution is -0.274. The molecule has 1 nitrogen and oxygen atoms in total. The van der Waals surface area contributed by atoms with Gasteiger partial charge in [-0.25, -0.2) is 0 Å². The van der Waals surface area contributed by atoms with Crippen LogP contribution in [-0.4, -0.2) is 6.36 Å². The molecule has 1 aromatic rings. The van der Waals surface area contributed by atoms with Crippen LogP contribution in [0.25, 0.3) is 5.57 Å². The third kappa shape index (κ3) is 5.25. The predicted molar refractivity (Wildman–Crippen MR) is 66.2 cm³/mol. The largest absolute Gasteiger partial charge is 0.573 e. The molecule has 0 saturated carbocycles. The smallest absolute Gasteiger partial charge is 0.406 e. The molecule has 18 heavy (non-hydrogen) atoms. The molecule has 0 aliphatic heterocycles. The molecular weight excluding hydrogens is 241 g/mol. The molecule has 0 N–H and O–H groups in total. The Hall–Kier alpha value is -1.45. The monoisotopic (exact) mass is 258 g/mol. The molecule has 0 aliphatic rings. The zero-order valence-electron chi connectivity index (χ0n) is 10.7. The van der Waals surface area contributed by atoms with E-state index in [1.54, 1.807) is 12.1 Å². The maximum atomic E-state index is 12.0.